The van der Waals surface area contributed by atoms with E-state index in [0.29, 0.717) is 23.5 Å². The number of benzene rings is 1. The lowest BCUT2D eigenvalue weighted by Gasteiger charge is -2.11. The van der Waals surface area contributed by atoms with Crippen LogP contribution in [0.25, 0.3) is 11.4 Å². The lowest BCUT2D eigenvalue weighted by atomic mass is 10.1. The van der Waals surface area contributed by atoms with Crippen molar-refractivity contribution in [1.29, 1.82) is 0 Å². The quantitative estimate of drug-likeness (QED) is 0.817. The van der Waals surface area contributed by atoms with Crippen molar-refractivity contribution in [1.82, 2.24) is 9.97 Å². The Balaban J connectivity index is 2.44. The van der Waals surface area contributed by atoms with E-state index in [1.165, 1.54) is 12.3 Å². The maximum absolute atomic E-state index is 11.9. The van der Waals surface area contributed by atoms with Gasteiger partial charge in [0.1, 0.15) is 11.3 Å². The standard InChI is InChI=1S/C16H16N2O5/c1-3-22-13-9-10(5-6-11(13)16(21)23-4-2)14-17-8-7-12(18-14)15(19)20/h5-9H,3-4H2,1-2H3,(H,19,20). The van der Waals surface area contributed by atoms with Crippen LogP contribution in [0.1, 0.15) is 34.7 Å². The van der Waals surface area contributed by atoms with E-state index >= 15 is 0 Å². The molecule has 1 N–H and O–H groups in total. The van der Waals surface area contributed by atoms with Crippen LogP contribution < -0.4 is 4.74 Å². The molecule has 7 nitrogen and oxygen atoms in total. The molecule has 0 saturated carbocycles. The molecule has 1 aromatic heterocycles. The average molecular weight is 316 g/mol. The van der Waals surface area contributed by atoms with Crippen molar-refractivity contribution >= 4 is 11.9 Å². The van der Waals surface area contributed by atoms with Crippen LogP contribution in [0.3, 0.4) is 0 Å². The Morgan fingerprint density at radius 2 is 1.96 bits per heavy atom. The minimum atomic E-state index is -1.14. The zero-order valence-electron chi connectivity index (χ0n) is 12.8. The van der Waals surface area contributed by atoms with Crippen LogP contribution in [0.2, 0.25) is 0 Å². The molecule has 0 unspecified atom stereocenters. The van der Waals surface area contributed by atoms with Gasteiger partial charge in [0.05, 0.1) is 13.2 Å². The van der Waals surface area contributed by atoms with Gasteiger partial charge in [-0.1, -0.05) is 6.07 Å². The molecule has 0 bridgehead atoms. The number of ether oxygens (including phenoxy) is 2. The molecule has 7 heteroatoms. The summed E-state index contributed by atoms with van der Waals surface area (Å²) >= 11 is 0. The molecule has 0 aliphatic heterocycles. The predicted molar refractivity (Wildman–Crippen MR) is 81.6 cm³/mol. The number of nitrogens with zero attached hydrogens (tertiary/aromatic N) is 2. The third-order valence-electron chi connectivity index (χ3n) is 2.91. The van der Waals surface area contributed by atoms with Crippen LogP contribution in [-0.2, 0) is 4.74 Å². The highest BCUT2D eigenvalue weighted by Gasteiger charge is 2.16. The second-order valence-corrected chi connectivity index (χ2v) is 4.44. The van der Waals surface area contributed by atoms with Crippen LogP contribution >= 0.6 is 0 Å². The normalized spacial score (nSPS) is 10.2. The molecule has 0 amide bonds. The van der Waals surface area contributed by atoms with Gasteiger partial charge in [-0.15, -0.1) is 0 Å². The lowest BCUT2D eigenvalue weighted by molar-refractivity contribution is 0.0521. The monoisotopic (exact) mass is 316 g/mol. The number of aromatic nitrogens is 2. The van der Waals surface area contributed by atoms with Gasteiger partial charge in [0.2, 0.25) is 0 Å². The molecule has 0 atom stereocenters. The number of hydrogen-bond acceptors (Lipinski definition) is 6. The van der Waals surface area contributed by atoms with Gasteiger partial charge in [-0.2, -0.15) is 0 Å². The Morgan fingerprint density at radius 1 is 1.17 bits per heavy atom. The van der Waals surface area contributed by atoms with Gasteiger partial charge in [0.15, 0.2) is 11.5 Å². The maximum Gasteiger partial charge on any atom is 0.354 e. The van der Waals surface area contributed by atoms with Crippen molar-refractivity contribution in [2.24, 2.45) is 0 Å². The highest BCUT2D eigenvalue weighted by Crippen LogP contribution is 2.26. The Bertz CT molecular complexity index is 730. The van der Waals surface area contributed by atoms with E-state index in [2.05, 4.69) is 9.97 Å². The summed E-state index contributed by atoms with van der Waals surface area (Å²) in [6.45, 7) is 4.14. The van der Waals surface area contributed by atoms with Crippen LogP contribution in [0.15, 0.2) is 30.5 Å². The van der Waals surface area contributed by atoms with Crippen molar-refractivity contribution in [3.8, 4) is 17.1 Å². The van der Waals surface area contributed by atoms with Crippen LogP contribution in [0.4, 0.5) is 0 Å². The average Bonchev–Trinajstić information content (AvgIpc) is 2.55. The van der Waals surface area contributed by atoms with Gasteiger partial charge in [-0.25, -0.2) is 19.6 Å². The number of aromatic carboxylic acids is 1. The largest absolute Gasteiger partial charge is 0.493 e. The first kappa shape index (κ1) is 16.4. The van der Waals surface area contributed by atoms with Gasteiger partial charge in [-0.05, 0) is 32.0 Å². The van der Waals surface area contributed by atoms with E-state index in [0.717, 1.165) is 0 Å². The first-order chi connectivity index (χ1) is 11.1. The molecule has 0 radical (unpaired) electrons. The summed E-state index contributed by atoms with van der Waals surface area (Å²) in [4.78, 5) is 30.9. The number of carboxylic acids is 1. The van der Waals surface area contributed by atoms with Gasteiger partial charge >= 0.3 is 11.9 Å². The Hall–Kier alpha value is -2.96. The summed E-state index contributed by atoms with van der Waals surface area (Å²) in [7, 11) is 0. The molecule has 2 rings (SSSR count). The molecule has 0 aliphatic carbocycles. The van der Waals surface area contributed by atoms with Gasteiger partial charge in [0.25, 0.3) is 0 Å². The third kappa shape index (κ3) is 3.82. The second-order valence-electron chi connectivity index (χ2n) is 4.44. The number of rotatable bonds is 6. The van der Waals surface area contributed by atoms with E-state index in [1.807, 2.05) is 0 Å². The highest BCUT2D eigenvalue weighted by molar-refractivity contribution is 5.93. The van der Waals surface area contributed by atoms with E-state index in [-0.39, 0.29) is 18.1 Å². The maximum atomic E-state index is 11.9. The molecule has 23 heavy (non-hydrogen) atoms. The van der Waals surface area contributed by atoms with Crippen molar-refractivity contribution in [2.75, 3.05) is 13.2 Å². The van der Waals surface area contributed by atoms with Gasteiger partial charge in [0, 0.05) is 11.8 Å². The van der Waals surface area contributed by atoms with E-state index in [4.69, 9.17) is 14.6 Å². The number of carbonyl (C=O) groups excluding carboxylic acids is 1. The first-order valence-electron chi connectivity index (χ1n) is 7.07. The zero-order chi connectivity index (χ0) is 16.8. The van der Waals surface area contributed by atoms with E-state index in [9.17, 15) is 9.59 Å². The summed E-state index contributed by atoms with van der Waals surface area (Å²) < 4.78 is 10.5. The topological polar surface area (TPSA) is 98.6 Å². The van der Waals surface area contributed by atoms with Crippen molar-refractivity contribution < 1.29 is 24.2 Å². The van der Waals surface area contributed by atoms with E-state index < -0.39 is 11.9 Å². The molecule has 120 valence electrons. The summed E-state index contributed by atoms with van der Waals surface area (Å²) in [5.41, 5.74) is 0.735. The van der Waals surface area contributed by atoms with Crippen LogP contribution in [-0.4, -0.2) is 40.2 Å². The number of carbonyl (C=O) groups is 2. The van der Waals surface area contributed by atoms with Gasteiger partial charge in [-0.3, -0.25) is 0 Å². The molecule has 2 aromatic rings. The number of hydrogen-bond donors (Lipinski definition) is 1. The highest BCUT2D eigenvalue weighted by atomic mass is 16.5. The smallest absolute Gasteiger partial charge is 0.354 e. The van der Waals surface area contributed by atoms with Crippen molar-refractivity contribution in [3.63, 3.8) is 0 Å². The molecule has 1 aromatic carbocycles. The summed E-state index contributed by atoms with van der Waals surface area (Å²) in [5.74, 6) is -1.04. The number of esters is 1. The van der Waals surface area contributed by atoms with E-state index in [1.54, 1.807) is 32.0 Å². The fourth-order valence-electron chi connectivity index (χ4n) is 1.93. The van der Waals surface area contributed by atoms with Crippen molar-refractivity contribution in [3.05, 3.63) is 41.7 Å². The minimum absolute atomic E-state index is 0.109. The fraction of sp³-hybridized carbons (Fsp3) is 0.250. The Kier molecular flexibility index (Phi) is 5.24. The Labute approximate surface area is 132 Å². The fourth-order valence-corrected chi connectivity index (χ4v) is 1.93. The summed E-state index contributed by atoms with van der Waals surface area (Å²) in [6, 6.07) is 6.07. The van der Waals surface area contributed by atoms with Crippen LogP contribution in [0, 0.1) is 0 Å². The number of carboxylic acid groups (broad SMARTS) is 1. The minimum Gasteiger partial charge on any atom is -0.493 e. The first-order valence-corrected chi connectivity index (χ1v) is 7.07. The molecule has 1 heterocycles. The third-order valence-corrected chi connectivity index (χ3v) is 2.91. The molecule has 0 fully saturated rings. The molecular weight excluding hydrogens is 300 g/mol. The lowest BCUT2D eigenvalue weighted by Crippen LogP contribution is -2.08. The SMILES string of the molecule is CCOC(=O)c1ccc(-c2nccc(C(=O)O)n2)cc1OCC. The molecule has 0 saturated heterocycles. The molecule has 0 aliphatic rings. The molecule has 0 spiro atoms. The van der Waals surface area contributed by atoms with Crippen LogP contribution in [0.5, 0.6) is 5.75 Å². The second kappa shape index (κ2) is 7.35. The summed E-state index contributed by atoms with van der Waals surface area (Å²) in [6.07, 6.45) is 1.37. The summed E-state index contributed by atoms with van der Waals surface area (Å²) in [5, 5.41) is 8.99. The zero-order valence-corrected chi connectivity index (χ0v) is 12.8. The van der Waals surface area contributed by atoms with Crippen molar-refractivity contribution in [2.45, 2.75) is 13.8 Å². The van der Waals surface area contributed by atoms with Gasteiger partial charge < -0.3 is 14.6 Å². The predicted octanol–water partition coefficient (Wildman–Crippen LogP) is 2.42. The molecular formula is C16H16N2O5. The Morgan fingerprint density at radius 3 is 2.61 bits per heavy atom.